The summed E-state index contributed by atoms with van der Waals surface area (Å²) in [4.78, 5) is 10.7. The molecule has 0 aromatic carbocycles. The molecule has 7 heteroatoms. The number of hydrogen-bond donors (Lipinski definition) is 0. The number of rotatable bonds is 2. The molecule has 0 saturated heterocycles. The Bertz CT molecular complexity index is 317. The summed E-state index contributed by atoms with van der Waals surface area (Å²) in [5.74, 6) is -0.852. The van der Waals surface area contributed by atoms with Crippen LogP contribution >= 0.6 is 0 Å². The van der Waals surface area contributed by atoms with Crippen LogP contribution in [0.1, 0.15) is 10.4 Å². The molecule has 0 amide bonds. The largest absolute Gasteiger partial charge is 0.544 e. The molecule has 0 saturated carbocycles. The van der Waals surface area contributed by atoms with E-state index in [4.69, 9.17) is 0 Å². The van der Waals surface area contributed by atoms with Crippen molar-refractivity contribution in [2.75, 3.05) is 7.11 Å². The minimum Gasteiger partial charge on any atom is -0.500 e. The first kappa shape index (κ1) is 9.69. The number of methoxy groups -OCH3 is 1. The molecule has 0 spiro atoms. The van der Waals surface area contributed by atoms with Gasteiger partial charge in [-0.1, -0.05) is 0 Å². The zero-order valence-electron chi connectivity index (χ0n) is 6.59. The molecule has 72 valence electrons. The summed E-state index contributed by atoms with van der Waals surface area (Å²) in [5, 5.41) is 0. The SMILES string of the molecule is COC(=O)c1coc([B-](F)(F)F)c1. The zero-order chi connectivity index (χ0) is 10.1. The van der Waals surface area contributed by atoms with Crippen molar-refractivity contribution in [3.63, 3.8) is 0 Å². The Morgan fingerprint density at radius 1 is 1.54 bits per heavy atom. The van der Waals surface area contributed by atoms with Crippen molar-refractivity contribution in [1.29, 1.82) is 0 Å². The summed E-state index contributed by atoms with van der Waals surface area (Å²) in [5.41, 5.74) is -1.39. The van der Waals surface area contributed by atoms with Crippen molar-refractivity contribution in [3.05, 3.63) is 17.9 Å². The predicted octanol–water partition coefficient (Wildman–Crippen LogP) is 1.12. The lowest BCUT2D eigenvalue weighted by atomic mass is 9.87. The molecule has 0 unspecified atom stereocenters. The first-order chi connectivity index (χ1) is 5.95. The van der Waals surface area contributed by atoms with Gasteiger partial charge in [0.05, 0.1) is 12.7 Å². The van der Waals surface area contributed by atoms with E-state index in [2.05, 4.69) is 9.15 Å². The van der Waals surface area contributed by atoms with Crippen molar-refractivity contribution in [2.24, 2.45) is 0 Å². The van der Waals surface area contributed by atoms with Gasteiger partial charge in [0.1, 0.15) is 6.26 Å². The maximum atomic E-state index is 12.0. The average Bonchev–Trinajstić information content (AvgIpc) is 2.50. The van der Waals surface area contributed by atoms with Crippen LogP contribution in [0.5, 0.6) is 0 Å². The summed E-state index contributed by atoms with van der Waals surface area (Å²) in [7, 11) is 1.08. The van der Waals surface area contributed by atoms with Crippen molar-refractivity contribution in [3.8, 4) is 0 Å². The summed E-state index contributed by atoms with van der Waals surface area (Å²) >= 11 is 0. The van der Waals surface area contributed by atoms with Gasteiger partial charge in [0.2, 0.25) is 0 Å². The number of esters is 1. The molecule has 13 heavy (non-hydrogen) atoms. The molecule has 0 aliphatic heterocycles. The second-order valence-corrected chi connectivity index (χ2v) is 2.30. The number of hydrogen-bond acceptors (Lipinski definition) is 3. The molecular weight excluding hydrogens is 188 g/mol. The molecular formula is C6H5BF3O3-. The molecule has 0 N–H and O–H groups in total. The third-order valence-electron chi connectivity index (χ3n) is 1.36. The minimum atomic E-state index is -5.19. The smallest absolute Gasteiger partial charge is 0.500 e. The van der Waals surface area contributed by atoms with E-state index >= 15 is 0 Å². The van der Waals surface area contributed by atoms with Crippen LogP contribution in [0.15, 0.2) is 16.7 Å². The minimum absolute atomic E-state index is 0.239. The highest BCUT2D eigenvalue weighted by molar-refractivity contribution is 6.72. The lowest BCUT2D eigenvalue weighted by Crippen LogP contribution is -2.32. The molecule has 0 radical (unpaired) electrons. The molecule has 3 nitrogen and oxygen atoms in total. The maximum absolute atomic E-state index is 12.0. The highest BCUT2D eigenvalue weighted by atomic mass is 19.4. The lowest BCUT2D eigenvalue weighted by molar-refractivity contribution is 0.0600. The fourth-order valence-corrected chi connectivity index (χ4v) is 0.749. The Morgan fingerprint density at radius 2 is 2.15 bits per heavy atom. The monoisotopic (exact) mass is 193 g/mol. The molecule has 1 rings (SSSR count). The second kappa shape index (κ2) is 3.16. The van der Waals surface area contributed by atoms with E-state index in [-0.39, 0.29) is 5.56 Å². The van der Waals surface area contributed by atoms with Crippen LogP contribution in [0.25, 0.3) is 0 Å². The van der Waals surface area contributed by atoms with Gasteiger partial charge in [-0.3, -0.25) is 0 Å². The summed E-state index contributed by atoms with van der Waals surface area (Å²) in [6, 6.07) is 0.617. The zero-order valence-corrected chi connectivity index (χ0v) is 6.59. The molecule has 0 atom stereocenters. The maximum Gasteiger partial charge on any atom is 0.544 e. The summed E-state index contributed by atoms with van der Waals surface area (Å²) < 4.78 is 44.3. The summed E-state index contributed by atoms with van der Waals surface area (Å²) in [6.45, 7) is -5.19. The van der Waals surface area contributed by atoms with Crippen molar-refractivity contribution < 1.29 is 26.9 Å². The van der Waals surface area contributed by atoms with Crippen molar-refractivity contribution >= 4 is 18.6 Å². The van der Waals surface area contributed by atoms with Crippen LogP contribution in [0.2, 0.25) is 0 Å². The summed E-state index contributed by atoms with van der Waals surface area (Å²) in [6.07, 6.45) is 0.719. The lowest BCUT2D eigenvalue weighted by Gasteiger charge is -2.08. The number of halogens is 3. The third kappa shape index (κ3) is 2.04. The van der Waals surface area contributed by atoms with Gasteiger partial charge in [-0.2, -0.15) is 0 Å². The van der Waals surface area contributed by atoms with Gasteiger partial charge >= 0.3 is 12.9 Å². The van der Waals surface area contributed by atoms with E-state index in [9.17, 15) is 17.7 Å². The van der Waals surface area contributed by atoms with E-state index < -0.39 is 18.6 Å². The average molecular weight is 193 g/mol. The Kier molecular flexibility index (Phi) is 2.35. The van der Waals surface area contributed by atoms with Gasteiger partial charge in [-0.15, -0.1) is 0 Å². The van der Waals surface area contributed by atoms with Gasteiger partial charge < -0.3 is 22.1 Å². The molecule has 0 fully saturated rings. The van der Waals surface area contributed by atoms with Gasteiger partial charge in [0.25, 0.3) is 0 Å². The first-order valence-corrected chi connectivity index (χ1v) is 3.32. The standard InChI is InChI=1S/C6H5BF3O3/c1-12-6(11)4-2-5(13-3-4)7(8,9)10/h2-3H,1H3/q-1. The molecule has 0 bridgehead atoms. The van der Waals surface area contributed by atoms with Gasteiger partial charge in [0.15, 0.2) is 0 Å². The van der Waals surface area contributed by atoms with E-state index in [0.29, 0.717) is 6.07 Å². The van der Waals surface area contributed by atoms with Crippen LogP contribution in [0.4, 0.5) is 12.9 Å². The van der Waals surface area contributed by atoms with Crippen LogP contribution in [-0.4, -0.2) is 20.1 Å². The second-order valence-electron chi connectivity index (χ2n) is 2.30. The fraction of sp³-hybridized carbons (Fsp3) is 0.167. The fourth-order valence-electron chi connectivity index (χ4n) is 0.749. The van der Waals surface area contributed by atoms with Gasteiger partial charge in [0, 0.05) is 5.66 Å². The van der Waals surface area contributed by atoms with Crippen LogP contribution in [0.3, 0.4) is 0 Å². The Hall–Kier alpha value is -1.40. The molecule has 0 aliphatic rings. The number of carbonyl (C=O) groups is 1. The number of furan rings is 1. The van der Waals surface area contributed by atoms with Crippen LogP contribution in [0, 0.1) is 0 Å². The molecule has 1 aromatic heterocycles. The van der Waals surface area contributed by atoms with E-state index in [1.165, 1.54) is 0 Å². The van der Waals surface area contributed by atoms with Crippen molar-refractivity contribution in [1.82, 2.24) is 0 Å². The quantitative estimate of drug-likeness (QED) is 0.521. The van der Waals surface area contributed by atoms with Crippen LogP contribution in [-0.2, 0) is 4.74 Å². The Morgan fingerprint density at radius 3 is 2.54 bits per heavy atom. The first-order valence-electron chi connectivity index (χ1n) is 3.32. The van der Waals surface area contributed by atoms with Crippen LogP contribution < -0.4 is 5.66 Å². The van der Waals surface area contributed by atoms with Gasteiger partial charge in [-0.25, -0.2) is 4.79 Å². The van der Waals surface area contributed by atoms with Crippen molar-refractivity contribution in [2.45, 2.75) is 0 Å². The third-order valence-corrected chi connectivity index (χ3v) is 1.36. The van der Waals surface area contributed by atoms with Gasteiger partial charge in [-0.05, 0) is 6.07 Å². The highest BCUT2D eigenvalue weighted by Crippen LogP contribution is 2.11. The van der Waals surface area contributed by atoms with E-state index in [0.717, 1.165) is 13.4 Å². The number of carbonyl (C=O) groups excluding carboxylic acids is 1. The Balaban J connectivity index is 2.93. The predicted molar refractivity (Wildman–Crippen MR) is 38.8 cm³/mol. The normalized spacial score (nSPS) is 11.4. The topological polar surface area (TPSA) is 39.4 Å². The highest BCUT2D eigenvalue weighted by Gasteiger charge is 2.30. The molecule has 1 aromatic rings. The Labute approximate surface area is 71.5 Å². The number of ether oxygens (including phenoxy) is 1. The van der Waals surface area contributed by atoms with E-state index in [1.807, 2.05) is 0 Å². The molecule has 0 aliphatic carbocycles. The molecule has 1 heterocycles. The van der Waals surface area contributed by atoms with E-state index in [1.54, 1.807) is 0 Å².